The van der Waals surface area contributed by atoms with Crippen molar-refractivity contribution in [2.24, 2.45) is 10.8 Å². The second-order valence-corrected chi connectivity index (χ2v) is 6.98. The minimum absolute atomic E-state index is 0.0410. The van der Waals surface area contributed by atoms with Crippen LogP contribution >= 0.6 is 0 Å². The fourth-order valence-corrected chi connectivity index (χ4v) is 2.63. The molecule has 0 aliphatic heterocycles. The van der Waals surface area contributed by atoms with E-state index >= 15 is 0 Å². The van der Waals surface area contributed by atoms with Gasteiger partial charge < -0.3 is 20.1 Å². The summed E-state index contributed by atoms with van der Waals surface area (Å²) in [5.41, 5.74) is -0.0144. The van der Waals surface area contributed by atoms with Crippen molar-refractivity contribution in [2.45, 2.75) is 54.4 Å². The van der Waals surface area contributed by atoms with Crippen molar-refractivity contribution < 1.29 is 19.1 Å². The molecule has 0 heterocycles. The Morgan fingerprint density at radius 2 is 1.36 bits per heavy atom. The molecule has 130 valence electrons. The second kappa shape index (κ2) is 9.54. The van der Waals surface area contributed by atoms with Crippen LogP contribution in [0.5, 0.6) is 0 Å². The molecule has 0 aromatic carbocycles. The van der Waals surface area contributed by atoms with Gasteiger partial charge >= 0.3 is 12.2 Å². The molecule has 0 unspecified atom stereocenters. The van der Waals surface area contributed by atoms with Crippen molar-refractivity contribution in [2.75, 3.05) is 26.3 Å². The Morgan fingerprint density at radius 3 is 1.86 bits per heavy atom. The van der Waals surface area contributed by atoms with E-state index in [1.54, 1.807) is 13.8 Å². The molecule has 2 amide bonds. The molecule has 2 N–H and O–H groups in total. The molecular formula is C16H32N2O4. The van der Waals surface area contributed by atoms with Gasteiger partial charge in [-0.25, -0.2) is 9.59 Å². The van der Waals surface area contributed by atoms with Crippen molar-refractivity contribution in [1.82, 2.24) is 10.6 Å². The quantitative estimate of drug-likeness (QED) is 0.684. The summed E-state index contributed by atoms with van der Waals surface area (Å²) in [5, 5.41) is 5.53. The fourth-order valence-electron chi connectivity index (χ4n) is 2.63. The molecule has 22 heavy (non-hydrogen) atoms. The maximum absolute atomic E-state index is 11.4. The van der Waals surface area contributed by atoms with E-state index in [0.29, 0.717) is 26.3 Å². The Morgan fingerprint density at radius 1 is 0.864 bits per heavy atom. The van der Waals surface area contributed by atoms with E-state index in [1.807, 2.05) is 0 Å². The highest BCUT2D eigenvalue weighted by atomic mass is 16.5. The van der Waals surface area contributed by atoms with Crippen molar-refractivity contribution in [3.05, 3.63) is 0 Å². The summed E-state index contributed by atoms with van der Waals surface area (Å²) in [6, 6.07) is 0. The smallest absolute Gasteiger partial charge is 0.407 e. The van der Waals surface area contributed by atoms with Gasteiger partial charge in [-0.3, -0.25) is 0 Å². The number of carbonyl (C=O) groups is 2. The van der Waals surface area contributed by atoms with Gasteiger partial charge in [-0.1, -0.05) is 27.7 Å². The highest BCUT2D eigenvalue weighted by molar-refractivity contribution is 5.67. The number of hydrogen-bond donors (Lipinski definition) is 2. The number of amides is 2. The first-order valence-electron chi connectivity index (χ1n) is 7.93. The molecular weight excluding hydrogens is 284 g/mol. The maximum atomic E-state index is 11.4. The van der Waals surface area contributed by atoms with Crippen molar-refractivity contribution in [1.29, 1.82) is 0 Å². The van der Waals surface area contributed by atoms with Gasteiger partial charge in [0.1, 0.15) is 0 Å². The Hall–Kier alpha value is -1.46. The highest BCUT2D eigenvalue weighted by Crippen LogP contribution is 2.35. The van der Waals surface area contributed by atoms with Gasteiger partial charge in [0.15, 0.2) is 0 Å². The molecule has 6 heteroatoms. The third-order valence-electron chi connectivity index (χ3n) is 3.29. The summed E-state index contributed by atoms with van der Waals surface area (Å²) in [6.45, 7) is 14.0. The van der Waals surface area contributed by atoms with Crippen LogP contribution < -0.4 is 10.6 Å². The molecule has 0 saturated heterocycles. The van der Waals surface area contributed by atoms with E-state index in [0.717, 1.165) is 12.8 Å². The van der Waals surface area contributed by atoms with Crippen molar-refractivity contribution >= 4 is 12.2 Å². The Bertz CT molecular complexity index is 354. The molecule has 0 fully saturated rings. The van der Waals surface area contributed by atoms with Gasteiger partial charge in [-0.15, -0.1) is 0 Å². The zero-order chi connectivity index (χ0) is 17.2. The van der Waals surface area contributed by atoms with Gasteiger partial charge in [0, 0.05) is 13.1 Å². The van der Waals surface area contributed by atoms with Crippen LogP contribution in [0.2, 0.25) is 0 Å². The molecule has 0 spiro atoms. The molecule has 0 bridgehead atoms. The molecule has 0 rings (SSSR count). The number of hydrogen-bond acceptors (Lipinski definition) is 4. The Kier molecular flexibility index (Phi) is 8.90. The van der Waals surface area contributed by atoms with Crippen LogP contribution in [-0.4, -0.2) is 38.5 Å². The van der Waals surface area contributed by atoms with Gasteiger partial charge in [0.2, 0.25) is 0 Å². The van der Waals surface area contributed by atoms with Crippen LogP contribution in [0.25, 0.3) is 0 Å². The second-order valence-electron chi connectivity index (χ2n) is 6.98. The third-order valence-corrected chi connectivity index (χ3v) is 3.29. The molecule has 0 radical (unpaired) electrons. The molecule has 0 atom stereocenters. The Labute approximate surface area is 134 Å². The van der Waals surface area contributed by atoms with E-state index < -0.39 is 0 Å². The van der Waals surface area contributed by atoms with Crippen LogP contribution in [0, 0.1) is 10.8 Å². The fraction of sp³-hybridized carbons (Fsp3) is 0.875. The number of nitrogens with one attached hydrogen (secondary N) is 2. The third kappa shape index (κ3) is 10.3. The summed E-state index contributed by atoms with van der Waals surface area (Å²) in [6.07, 6.45) is 1.00. The first-order chi connectivity index (χ1) is 10.1. The zero-order valence-corrected chi connectivity index (χ0v) is 14.9. The summed E-state index contributed by atoms with van der Waals surface area (Å²) in [5.74, 6) is 0. The lowest BCUT2D eigenvalue weighted by Crippen LogP contribution is -2.38. The lowest BCUT2D eigenvalue weighted by atomic mass is 9.73. The number of ether oxygens (including phenoxy) is 2. The van der Waals surface area contributed by atoms with E-state index in [4.69, 9.17) is 9.47 Å². The molecule has 0 aromatic heterocycles. The SMILES string of the molecule is CCOC(=O)NCCC(C)(C)CC(C)(C)CNC(=O)OCC. The topological polar surface area (TPSA) is 76.7 Å². The molecule has 0 saturated carbocycles. The monoisotopic (exact) mass is 316 g/mol. The minimum atomic E-state index is -0.377. The molecule has 6 nitrogen and oxygen atoms in total. The lowest BCUT2D eigenvalue weighted by molar-refractivity contribution is 0.134. The minimum Gasteiger partial charge on any atom is -0.450 e. The first-order valence-corrected chi connectivity index (χ1v) is 7.93. The highest BCUT2D eigenvalue weighted by Gasteiger charge is 2.29. The standard InChI is InChI=1S/C16H32N2O4/c1-7-21-13(19)17-10-9-15(3,4)11-16(5,6)12-18-14(20)22-8-2/h7-12H2,1-6H3,(H,17,19)(H,18,20). The summed E-state index contributed by atoms with van der Waals surface area (Å²) in [4.78, 5) is 22.6. The average molecular weight is 316 g/mol. The largest absolute Gasteiger partial charge is 0.450 e. The number of carbonyl (C=O) groups excluding carboxylic acids is 2. The predicted octanol–water partition coefficient (Wildman–Crippen LogP) is 3.31. The zero-order valence-electron chi connectivity index (χ0n) is 14.9. The molecule has 0 aromatic rings. The Balaban J connectivity index is 4.19. The van der Waals surface area contributed by atoms with Gasteiger partial charge in [-0.2, -0.15) is 0 Å². The average Bonchev–Trinajstić information content (AvgIpc) is 2.35. The van der Waals surface area contributed by atoms with Crippen LogP contribution in [0.3, 0.4) is 0 Å². The lowest BCUT2D eigenvalue weighted by Gasteiger charge is -2.35. The van der Waals surface area contributed by atoms with Crippen LogP contribution in [0.1, 0.15) is 54.4 Å². The summed E-state index contributed by atoms with van der Waals surface area (Å²) < 4.78 is 9.70. The number of rotatable bonds is 9. The van der Waals surface area contributed by atoms with Crippen LogP contribution in [0.15, 0.2) is 0 Å². The van der Waals surface area contributed by atoms with Crippen molar-refractivity contribution in [3.63, 3.8) is 0 Å². The van der Waals surface area contributed by atoms with E-state index in [9.17, 15) is 9.59 Å². The predicted molar refractivity (Wildman–Crippen MR) is 86.8 cm³/mol. The van der Waals surface area contributed by atoms with E-state index in [-0.39, 0.29) is 23.0 Å². The van der Waals surface area contributed by atoms with Crippen LogP contribution in [0.4, 0.5) is 9.59 Å². The van der Waals surface area contributed by atoms with E-state index in [1.165, 1.54) is 0 Å². The van der Waals surface area contributed by atoms with E-state index in [2.05, 4.69) is 38.3 Å². The first kappa shape index (κ1) is 20.5. The number of alkyl carbamates (subject to hydrolysis) is 2. The van der Waals surface area contributed by atoms with Gasteiger partial charge in [-0.05, 0) is 37.5 Å². The van der Waals surface area contributed by atoms with Gasteiger partial charge in [0.25, 0.3) is 0 Å². The molecule has 0 aliphatic carbocycles. The normalized spacial score (nSPS) is 11.7. The molecule has 0 aliphatic rings. The summed E-state index contributed by atoms with van der Waals surface area (Å²) in [7, 11) is 0. The maximum Gasteiger partial charge on any atom is 0.407 e. The van der Waals surface area contributed by atoms with Gasteiger partial charge in [0.05, 0.1) is 13.2 Å². The van der Waals surface area contributed by atoms with Crippen molar-refractivity contribution in [3.8, 4) is 0 Å². The summed E-state index contributed by atoms with van der Waals surface area (Å²) >= 11 is 0. The van der Waals surface area contributed by atoms with Crippen LogP contribution in [-0.2, 0) is 9.47 Å².